The molecule has 0 bridgehead atoms. The highest BCUT2D eigenvalue weighted by Gasteiger charge is 2.25. The Morgan fingerprint density at radius 3 is 3.12 bits per heavy atom. The maximum atomic E-state index is 6.14. The van der Waals surface area contributed by atoms with Gasteiger partial charge >= 0.3 is 0 Å². The number of benzene rings is 1. The molecule has 4 rings (SSSR count). The van der Waals surface area contributed by atoms with E-state index in [0.29, 0.717) is 6.04 Å². The van der Waals surface area contributed by atoms with Crippen LogP contribution in [0.15, 0.2) is 18.2 Å². The largest absolute Gasteiger partial charge is 0.344 e. The number of aromatic nitrogens is 1. The van der Waals surface area contributed by atoms with Crippen LogP contribution in [-0.4, -0.2) is 10.6 Å². The first-order chi connectivity index (χ1) is 8.34. The van der Waals surface area contributed by atoms with E-state index >= 15 is 0 Å². The van der Waals surface area contributed by atoms with Gasteiger partial charge in [0.2, 0.25) is 0 Å². The molecule has 2 aromatic rings. The molecule has 0 spiro atoms. The van der Waals surface area contributed by atoms with Crippen LogP contribution in [0.25, 0.3) is 10.9 Å². The number of nitrogens with two attached hydrogens (primary N) is 1. The van der Waals surface area contributed by atoms with Gasteiger partial charge in [0.15, 0.2) is 0 Å². The quantitative estimate of drug-likeness (QED) is 0.734. The molecule has 2 aliphatic rings. The van der Waals surface area contributed by atoms with Gasteiger partial charge in [0, 0.05) is 23.7 Å². The van der Waals surface area contributed by atoms with Gasteiger partial charge in [0.25, 0.3) is 0 Å². The Bertz CT molecular complexity index is 594. The molecule has 1 aromatic carbocycles. The smallest absolute Gasteiger partial charge is 0.0517 e. The van der Waals surface area contributed by atoms with E-state index in [1.54, 1.807) is 11.3 Å². The van der Waals surface area contributed by atoms with E-state index in [9.17, 15) is 0 Å². The van der Waals surface area contributed by atoms with Gasteiger partial charge in [-0.25, -0.2) is 0 Å². The molecule has 1 atom stereocenters. The fourth-order valence-corrected chi connectivity index (χ4v) is 3.68. The second-order valence-electron chi connectivity index (χ2n) is 5.50. The zero-order valence-corrected chi connectivity index (χ0v) is 10.1. The van der Waals surface area contributed by atoms with Crippen molar-refractivity contribution >= 4 is 10.9 Å². The van der Waals surface area contributed by atoms with E-state index in [2.05, 4.69) is 22.8 Å². The molecule has 2 nitrogen and oxygen atoms in total. The van der Waals surface area contributed by atoms with Crippen molar-refractivity contribution in [2.24, 2.45) is 5.73 Å². The Kier molecular flexibility index (Phi) is 1.92. The minimum Gasteiger partial charge on any atom is -0.344 e. The van der Waals surface area contributed by atoms with Crippen molar-refractivity contribution in [1.82, 2.24) is 4.57 Å². The Hall–Kier alpha value is -1.28. The van der Waals surface area contributed by atoms with E-state index < -0.39 is 0 Å². The number of hydrogen-bond donors (Lipinski definition) is 1. The van der Waals surface area contributed by atoms with Crippen LogP contribution in [0.2, 0.25) is 0 Å². The average molecular weight is 226 g/mol. The van der Waals surface area contributed by atoms with E-state index in [-0.39, 0.29) is 0 Å². The standard InChI is InChI=1S/C15H18N2/c16-11-6-7-14-13(9-11)12-5-1-3-10-4-2-8-17(14)15(10)12/h1,3,5,11H,2,4,6-9,16H2. The lowest BCUT2D eigenvalue weighted by Crippen LogP contribution is -2.28. The molecule has 0 amide bonds. The molecule has 17 heavy (non-hydrogen) atoms. The van der Waals surface area contributed by atoms with Gasteiger partial charge < -0.3 is 10.3 Å². The molecule has 88 valence electrons. The lowest BCUT2D eigenvalue weighted by Gasteiger charge is -2.22. The molecule has 0 saturated heterocycles. The molecular formula is C15H18N2. The molecule has 2 N–H and O–H groups in total. The van der Waals surface area contributed by atoms with Crippen LogP contribution in [0, 0.1) is 0 Å². The van der Waals surface area contributed by atoms with Gasteiger partial charge in [-0.1, -0.05) is 18.2 Å². The fourth-order valence-electron chi connectivity index (χ4n) is 3.68. The zero-order valence-electron chi connectivity index (χ0n) is 10.1. The predicted octanol–water partition coefficient (Wildman–Crippen LogP) is 2.40. The van der Waals surface area contributed by atoms with Crippen molar-refractivity contribution in [3.63, 3.8) is 0 Å². The van der Waals surface area contributed by atoms with Crippen LogP contribution >= 0.6 is 0 Å². The fraction of sp³-hybridized carbons (Fsp3) is 0.467. The second kappa shape index (κ2) is 3.36. The third-order valence-electron chi connectivity index (χ3n) is 4.43. The first-order valence-corrected chi connectivity index (χ1v) is 6.72. The third-order valence-corrected chi connectivity index (χ3v) is 4.43. The van der Waals surface area contributed by atoms with Crippen molar-refractivity contribution < 1.29 is 0 Å². The molecule has 0 radical (unpaired) electrons. The first-order valence-electron chi connectivity index (χ1n) is 6.72. The van der Waals surface area contributed by atoms with Gasteiger partial charge in [-0.05, 0) is 43.2 Å². The molecule has 1 aliphatic heterocycles. The Labute approximate surface area is 101 Å². The molecular weight excluding hydrogens is 208 g/mol. The molecule has 0 saturated carbocycles. The van der Waals surface area contributed by atoms with Crippen LogP contribution < -0.4 is 5.73 Å². The SMILES string of the molecule is NC1CCc2c(c3cccc4c3n2CCC4)C1. The number of fused-ring (bicyclic) bond motifs is 3. The maximum absolute atomic E-state index is 6.14. The topological polar surface area (TPSA) is 30.9 Å². The summed E-state index contributed by atoms with van der Waals surface area (Å²) in [5.74, 6) is 0. The lowest BCUT2D eigenvalue weighted by atomic mass is 9.92. The average Bonchev–Trinajstić information content (AvgIpc) is 2.67. The van der Waals surface area contributed by atoms with Crippen LogP contribution in [0.4, 0.5) is 0 Å². The summed E-state index contributed by atoms with van der Waals surface area (Å²) in [5, 5.41) is 1.48. The molecule has 1 unspecified atom stereocenters. The highest BCUT2D eigenvalue weighted by atomic mass is 15.0. The molecule has 1 aromatic heterocycles. The Balaban J connectivity index is 2.09. The van der Waals surface area contributed by atoms with Crippen LogP contribution in [-0.2, 0) is 25.8 Å². The van der Waals surface area contributed by atoms with Crippen LogP contribution in [0.5, 0.6) is 0 Å². The van der Waals surface area contributed by atoms with Gasteiger partial charge in [-0.2, -0.15) is 0 Å². The molecule has 2 heteroatoms. The maximum Gasteiger partial charge on any atom is 0.0517 e. The van der Waals surface area contributed by atoms with Gasteiger partial charge in [-0.3, -0.25) is 0 Å². The molecule has 2 heterocycles. The lowest BCUT2D eigenvalue weighted by molar-refractivity contribution is 0.535. The monoisotopic (exact) mass is 226 g/mol. The number of nitrogens with zero attached hydrogens (tertiary/aromatic N) is 1. The summed E-state index contributed by atoms with van der Waals surface area (Å²) in [5.41, 5.74) is 12.3. The van der Waals surface area contributed by atoms with Crippen LogP contribution in [0.3, 0.4) is 0 Å². The van der Waals surface area contributed by atoms with E-state index in [1.165, 1.54) is 42.3 Å². The van der Waals surface area contributed by atoms with Crippen molar-refractivity contribution in [2.75, 3.05) is 0 Å². The van der Waals surface area contributed by atoms with Gasteiger partial charge in [-0.15, -0.1) is 0 Å². The summed E-state index contributed by atoms with van der Waals surface area (Å²) < 4.78 is 2.58. The number of rotatable bonds is 0. The van der Waals surface area contributed by atoms with Crippen molar-refractivity contribution in [3.05, 3.63) is 35.0 Å². The van der Waals surface area contributed by atoms with Crippen LogP contribution in [0.1, 0.15) is 29.7 Å². The highest BCUT2D eigenvalue weighted by molar-refractivity contribution is 5.89. The first kappa shape index (κ1) is 9.72. The minimum atomic E-state index is 0.367. The molecule has 1 aliphatic carbocycles. The van der Waals surface area contributed by atoms with Crippen molar-refractivity contribution in [1.29, 1.82) is 0 Å². The summed E-state index contributed by atoms with van der Waals surface area (Å²) in [4.78, 5) is 0. The van der Waals surface area contributed by atoms with E-state index in [4.69, 9.17) is 5.73 Å². The van der Waals surface area contributed by atoms with Gasteiger partial charge in [0.05, 0.1) is 5.52 Å². The van der Waals surface area contributed by atoms with Crippen molar-refractivity contribution in [2.45, 2.75) is 44.7 Å². The third kappa shape index (κ3) is 1.25. The Morgan fingerprint density at radius 1 is 1.24 bits per heavy atom. The predicted molar refractivity (Wildman–Crippen MR) is 70.3 cm³/mol. The molecule has 0 fully saturated rings. The van der Waals surface area contributed by atoms with Gasteiger partial charge in [0.1, 0.15) is 0 Å². The highest BCUT2D eigenvalue weighted by Crippen LogP contribution is 2.36. The van der Waals surface area contributed by atoms with E-state index in [0.717, 1.165) is 12.8 Å². The Morgan fingerprint density at radius 2 is 2.18 bits per heavy atom. The number of hydrogen-bond acceptors (Lipinski definition) is 1. The van der Waals surface area contributed by atoms with Crippen molar-refractivity contribution in [3.8, 4) is 0 Å². The summed E-state index contributed by atoms with van der Waals surface area (Å²) in [6.07, 6.45) is 5.93. The summed E-state index contributed by atoms with van der Waals surface area (Å²) in [7, 11) is 0. The normalized spacial score (nSPS) is 22.8. The zero-order chi connectivity index (χ0) is 11.4. The number of aryl methyl sites for hydroxylation is 2. The minimum absolute atomic E-state index is 0.367. The second-order valence-corrected chi connectivity index (χ2v) is 5.50. The summed E-state index contributed by atoms with van der Waals surface area (Å²) in [6, 6.07) is 7.17. The van der Waals surface area contributed by atoms with E-state index in [1.807, 2.05) is 0 Å². The number of para-hydroxylation sites is 1. The summed E-state index contributed by atoms with van der Waals surface area (Å²) in [6.45, 7) is 1.21. The summed E-state index contributed by atoms with van der Waals surface area (Å²) >= 11 is 0.